The van der Waals surface area contributed by atoms with Crippen LogP contribution in [0.2, 0.25) is 0 Å². The van der Waals surface area contributed by atoms with E-state index in [0.717, 1.165) is 103 Å². The first kappa shape index (κ1) is 63.6. The van der Waals surface area contributed by atoms with Gasteiger partial charge < -0.3 is 49.3 Å². The third kappa shape index (κ3) is 33.8. The van der Waals surface area contributed by atoms with E-state index in [0.29, 0.717) is 12.8 Å². The van der Waals surface area contributed by atoms with Crippen LogP contribution in [0.4, 0.5) is 0 Å². The van der Waals surface area contributed by atoms with Gasteiger partial charge in [0.2, 0.25) is 0 Å². The molecular formula is C45H85O19P3. The fourth-order valence-electron chi connectivity index (χ4n) is 7.51. The van der Waals surface area contributed by atoms with Crippen LogP contribution in [0.3, 0.4) is 0 Å². The van der Waals surface area contributed by atoms with Crippen LogP contribution in [0.15, 0.2) is 24.3 Å². The Morgan fingerprint density at radius 1 is 0.463 bits per heavy atom. The predicted molar refractivity (Wildman–Crippen MR) is 252 cm³/mol. The minimum absolute atomic E-state index is 0.00619. The molecule has 0 aliphatic heterocycles. The van der Waals surface area contributed by atoms with Gasteiger partial charge in [0, 0.05) is 12.8 Å². The highest BCUT2D eigenvalue weighted by Gasteiger charge is 2.56. The number of aliphatic hydroxyl groups is 3. The highest BCUT2D eigenvalue weighted by molar-refractivity contribution is 7.47. The highest BCUT2D eigenvalue weighted by Crippen LogP contribution is 2.51. The molecule has 1 aliphatic rings. The molecule has 8 N–H and O–H groups in total. The van der Waals surface area contributed by atoms with Gasteiger partial charge >= 0.3 is 35.4 Å². The number of allylic oxidation sites excluding steroid dienone is 4. The number of phosphoric acid groups is 3. The summed E-state index contributed by atoms with van der Waals surface area (Å²) in [6.07, 6.45) is 20.4. The first-order valence-corrected chi connectivity index (χ1v) is 29.2. The van der Waals surface area contributed by atoms with Gasteiger partial charge in [-0.3, -0.25) is 27.7 Å². The number of rotatable bonds is 42. The maximum Gasteiger partial charge on any atom is 0.472 e. The van der Waals surface area contributed by atoms with E-state index in [2.05, 4.69) is 47.2 Å². The van der Waals surface area contributed by atoms with Gasteiger partial charge in [-0.05, 0) is 64.2 Å². The number of carbonyl (C=O) groups is 2. The van der Waals surface area contributed by atoms with E-state index in [9.17, 15) is 63.1 Å². The van der Waals surface area contributed by atoms with Crippen molar-refractivity contribution in [3.63, 3.8) is 0 Å². The van der Waals surface area contributed by atoms with Crippen LogP contribution in [0.25, 0.3) is 0 Å². The van der Waals surface area contributed by atoms with Gasteiger partial charge in [-0.15, -0.1) is 0 Å². The summed E-state index contributed by atoms with van der Waals surface area (Å²) in [5, 5.41) is 31.9. The van der Waals surface area contributed by atoms with Crippen LogP contribution < -0.4 is 0 Å². The second kappa shape index (κ2) is 37.4. The molecule has 1 saturated carbocycles. The van der Waals surface area contributed by atoms with Gasteiger partial charge in [-0.1, -0.05) is 141 Å². The molecule has 22 heteroatoms. The first-order valence-electron chi connectivity index (χ1n) is 24.6. The average molecular weight is 1020 g/mol. The Bertz CT molecular complexity index is 1500. The third-order valence-corrected chi connectivity index (χ3v) is 13.3. The lowest BCUT2D eigenvalue weighted by atomic mass is 9.85. The fourth-order valence-corrected chi connectivity index (χ4v) is 9.61. The zero-order valence-electron chi connectivity index (χ0n) is 40.0. The molecule has 0 amide bonds. The van der Waals surface area contributed by atoms with E-state index in [4.69, 9.17) is 18.5 Å². The highest BCUT2D eigenvalue weighted by atomic mass is 31.2. The van der Waals surface area contributed by atoms with Gasteiger partial charge in [-0.25, -0.2) is 13.7 Å². The molecule has 67 heavy (non-hydrogen) atoms. The van der Waals surface area contributed by atoms with E-state index in [1.54, 1.807) is 0 Å². The zero-order chi connectivity index (χ0) is 50.0. The number of phosphoric ester groups is 3. The summed E-state index contributed by atoms with van der Waals surface area (Å²) in [6, 6.07) is 0. The van der Waals surface area contributed by atoms with Gasteiger partial charge in [0.05, 0.1) is 6.61 Å². The Balaban J connectivity index is 2.72. The maximum absolute atomic E-state index is 13.1. The second-order valence-corrected chi connectivity index (χ2v) is 21.2. The Labute approximate surface area is 398 Å². The number of unbranched alkanes of at least 4 members (excludes halogenated alkanes) is 22. The Morgan fingerprint density at radius 2 is 0.821 bits per heavy atom. The number of carbonyl (C=O) groups excluding carboxylic acids is 2. The summed E-state index contributed by atoms with van der Waals surface area (Å²) < 4.78 is 65.5. The molecule has 394 valence electrons. The smallest absolute Gasteiger partial charge is 0.462 e. The standard InChI is InChI=1S/C45H85O19P3/c1-3-5-7-9-11-13-15-17-19-21-23-25-27-29-31-33-38(46)59-35-37(61-39(47)34-32-30-28-26-24-22-20-18-16-14-12-10-8-6-4-2)36-60-67(57,58)64-43-40(48)41(49)44(62-65(51,52)53)45(42(43)50)63-66(54,55)56/h13-16,37,40-45,48-50H,3-12,17-36H2,1-2H3,(H,57,58)(H2,51,52,53)(H2,54,55,56). The van der Waals surface area contributed by atoms with E-state index in [1.807, 2.05) is 0 Å². The summed E-state index contributed by atoms with van der Waals surface area (Å²) in [4.78, 5) is 73.2. The molecule has 0 heterocycles. The van der Waals surface area contributed by atoms with E-state index < -0.39 is 91.3 Å². The Kier molecular flexibility index (Phi) is 35.5. The van der Waals surface area contributed by atoms with Crippen molar-refractivity contribution in [1.82, 2.24) is 0 Å². The lowest BCUT2D eigenvalue weighted by Gasteiger charge is -2.44. The van der Waals surface area contributed by atoms with Crippen LogP contribution in [0.1, 0.15) is 194 Å². The Morgan fingerprint density at radius 3 is 1.24 bits per heavy atom. The quantitative estimate of drug-likeness (QED) is 0.0122. The topological polar surface area (TPSA) is 303 Å². The number of esters is 2. The number of hydrogen-bond acceptors (Lipinski definition) is 14. The lowest BCUT2D eigenvalue weighted by Crippen LogP contribution is -2.65. The van der Waals surface area contributed by atoms with Crippen LogP contribution in [-0.4, -0.2) is 108 Å². The fraction of sp³-hybridized carbons (Fsp3) is 0.867. The van der Waals surface area contributed by atoms with Crippen LogP contribution in [0, 0.1) is 0 Å². The molecule has 0 aromatic rings. The average Bonchev–Trinajstić information content (AvgIpc) is 3.25. The third-order valence-electron chi connectivity index (χ3n) is 11.2. The van der Waals surface area contributed by atoms with Gasteiger partial charge in [0.15, 0.2) is 6.10 Å². The minimum Gasteiger partial charge on any atom is -0.462 e. The van der Waals surface area contributed by atoms with Crippen molar-refractivity contribution in [2.45, 2.75) is 236 Å². The van der Waals surface area contributed by atoms with E-state index in [-0.39, 0.29) is 12.8 Å². The number of hydrogen-bond donors (Lipinski definition) is 8. The summed E-state index contributed by atoms with van der Waals surface area (Å²) in [6.45, 7) is 2.92. The molecule has 1 fully saturated rings. The summed E-state index contributed by atoms with van der Waals surface area (Å²) in [5.74, 6) is -1.30. The van der Waals surface area contributed by atoms with Crippen molar-refractivity contribution in [2.75, 3.05) is 13.2 Å². The van der Waals surface area contributed by atoms with Crippen molar-refractivity contribution in [3.05, 3.63) is 24.3 Å². The summed E-state index contributed by atoms with van der Waals surface area (Å²) in [7, 11) is -16.6. The van der Waals surface area contributed by atoms with Gasteiger partial charge in [-0.2, -0.15) is 0 Å². The number of ether oxygens (including phenoxy) is 2. The predicted octanol–water partition coefficient (Wildman–Crippen LogP) is 9.07. The van der Waals surface area contributed by atoms with Crippen molar-refractivity contribution < 1.29 is 90.6 Å². The normalized spacial score (nSPS) is 21.8. The van der Waals surface area contributed by atoms with Crippen molar-refractivity contribution in [2.24, 2.45) is 0 Å². The van der Waals surface area contributed by atoms with Crippen molar-refractivity contribution in [1.29, 1.82) is 0 Å². The molecule has 1 aliphatic carbocycles. The molecule has 0 bridgehead atoms. The van der Waals surface area contributed by atoms with E-state index in [1.165, 1.54) is 51.4 Å². The van der Waals surface area contributed by atoms with Crippen LogP contribution in [0.5, 0.6) is 0 Å². The second-order valence-electron chi connectivity index (χ2n) is 17.4. The molecule has 0 spiro atoms. The lowest BCUT2D eigenvalue weighted by molar-refractivity contribution is -0.213. The zero-order valence-corrected chi connectivity index (χ0v) is 42.7. The largest absolute Gasteiger partial charge is 0.472 e. The molecule has 0 radical (unpaired) electrons. The first-order chi connectivity index (χ1) is 31.8. The molecule has 0 aromatic heterocycles. The Hall–Kier alpha value is -1.37. The van der Waals surface area contributed by atoms with E-state index >= 15 is 0 Å². The number of aliphatic hydroxyl groups excluding tert-OH is 3. The molecule has 0 aromatic carbocycles. The SMILES string of the molecule is CCCCCCC=CCCCCCCCCCC(=O)OCC(COP(=O)(O)OC1C(O)C(O)C(OP(=O)(O)O)C(OP(=O)(O)O)C1O)OC(=O)CCCCCCCCCC=CCCCCCC. The summed E-state index contributed by atoms with van der Waals surface area (Å²) in [5.41, 5.74) is 0. The van der Waals surface area contributed by atoms with Crippen LogP contribution >= 0.6 is 23.5 Å². The molecular weight excluding hydrogens is 937 g/mol. The molecule has 19 nitrogen and oxygen atoms in total. The molecule has 1 rings (SSSR count). The summed E-state index contributed by atoms with van der Waals surface area (Å²) >= 11 is 0. The van der Waals surface area contributed by atoms with Crippen molar-refractivity contribution >= 4 is 35.4 Å². The molecule has 8 unspecified atom stereocenters. The molecule has 0 saturated heterocycles. The molecule has 8 atom stereocenters. The van der Waals surface area contributed by atoms with Gasteiger partial charge in [0.25, 0.3) is 0 Å². The minimum atomic E-state index is -5.60. The van der Waals surface area contributed by atoms with Crippen LogP contribution in [-0.2, 0) is 50.9 Å². The van der Waals surface area contributed by atoms with Gasteiger partial charge in [0.1, 0.15) is 43.2 Å². The van der Waals surface area contributed by atoms with Crippen molar-refractivity contribution in [3.8, 4) is 0 Å². The maximum atomic E-state index is 13.1. The monoisotopic (exact) mass is 1020 g/mol.